The summed E-state index contributed by atoms with van der Waals surface area (Å²) in [5, 5.41) is 0.0109. The highest BCUT2D eigenvalue weighted by atomic mass is 31.2. The van der Waals surface area contributed by atoms with Crippen molar-refractivity contribution in [3.8, 4) is 0 Å². The van der Waals surface area contributed by atoms with E-state index in [0.29, 0.717) is 0 Å². The Morgan fingerprint density at radius 3 is 1.04 bits per heavy atom. The monoisotopic (exact) mass is 747 g/mol. The number of nitrogens with zero attached hydrogens (tertiary/aromatic N) is 1. The molecular weight excluding hydrogens is 726 g/mol. The molecule has 0 unspecified atom stereocenters. The summed E-state index contributed by atoms with van der Waals surface area (Å²) in [5.74, 6) is -47.7. The van der Waals surface area contributed by atoms with Crippen LogP contribution in [0.5, 0.6) is 0 Å². The van der Waals surface area contributed by atoms with Crippen LogP contribution in [0.1, 0.15) is 5.56 Å². The largest absolute Gasteiger partial charge is 0.460 e. The third kappa shape index (κ3) is 6.09. The van der Waals surface area contributed by atoms with Gasteiger partial charge in [0, 0.05) is 15.9 Å². The predicted molar refractivity (Wildman–Crippen MR) is 158 cm³/mol. The first-order valence-corrected chi connectivity index (χ1v) is 15.6. The zero-order chi connectivity index (χ0) is 37.4. The molecule has 0 radical (unpaired) electrons. The van der Waals surface area contributed by atoms with E-state index in [4.69, 9.17) is 0 Å². The Morgan fingerprint density at radius 2 is 0.700 bits per heavy atom. The molecule has 0 heterocycles. The maximum atomic E-state index is 16.2. The molecule has 0 aromatic heterocycles. The summed E-state index contributed by atoms with van der Waals surface area (Å²) in [6.45, 7) is 0. The lowest BCUT2D eigenvalue weighted by Gasteiger charge is -2.41. The summed E-state index contributed by atoms with van der Waals surface area (Å²) >= 11 is 0. The molecule has 4 aromatic carbocycles. The molecule has 17 heteroatoms. The van der Waals surface area contributed by atoms with Crippen molar-refractivity contribution in [3.05, 3.63) is 133 Å². The van der Waals surface area contributed by atoms with Crippen LogP contribution in [0.3, 0.4) is 0 Å². The minimum Gasteiger partial charge on any atom is -0.252 e. The Morgan fingerprint density at radius 1 is 0.400 bits per heavy atom. The van der Waals surface area contributed by atoms with Crippen LogP contribution in [0.4, 0.5) is 65.9 Å². The van der Waals surface area contributed by atoms with Gasteiger partial charge >= 0.3 is 41.7 Å². The molecule has 268 valence electrons. The van der Waals surface area contributed by atoms with E-state index in [1.165, 1.54) is 97.1 Å². The molecule has 1 nitrogen and oxygen atoms in total. The van der Waals surface area contributed by atoms with Crippen molar-refractivity contribution >= 4 is 29.0 Å². The highest BCUT2D eigenvalue weighted by Crippen LogP contribution is 2.64. The number of rotatable bonds is 11. The first kappa shape index (κ1) is 38.6. The van der Waals surface area contributed by atoms with Crippen LogP contribution in [0.2, 0.25) is 0 Å². The molecule has 0 bridgehead atoms. The zero-order valence-electron chi connectivity index (χ0n) is 24.7. The molecule has 0 spiro atoms. The highest BCUT2D eigenvalue weighted by Gasteiger charge is 2.93. The maximum Gasteiger partial charge on any atom is 0.460 e. The lowest BCUT2D eigenvalue weighted by molar-refractivity contribution is -0.450. The fourth-order valence-corrected chi connectivity index (χ4v) is 8.29. The van der Waals surface area contributed by atoms with Crippen LogP contribution in [-0.4, -0.2) is 41.7 Å². The number of benzene rings is 4. The van der Waals surface area contributed by atoms with Crippen LogP contribution in [0.15, 0.2) is 132 Å². The fourth-order valence-electron chi connectivity index (χ4n) is 4.73. The van der Waals surface area contributed by atoms with E-state index >= 15 is 17.6 Å². The molecule has 0 atom stereocenters. The Kier molecular flexibility index (Phi) is 10.2. The van der Waals surface area contributed by atoms with Crippen LogP contribution in [0.25, 0.3) is 6.08 Å². The number of halogens is 15. The normalized spacial score (nSPS) is 14.4. The average molecular weight is 747 g/mol. The summed E-state index contributed by atoms with van der Waals surface area (Å²) in [7, 11) is -4.19. The van der Waals surface area contributed by atoms with E-state index in [-0.39, 0.29) is 22.0 Å². The van der Waals surface area contributed by atoms with Gasteiger partial charge in [-0.2, -0.15) is 65.9 Å². The number of hydrogen-bond donors (Lipinski definition) is 0. The second kappa shape index (κ2) is 13.2. The first-order chi connectivity index (χ1) is 23.0. The van der Waals surface area contributed by atoms with Crippen molar-refractivity contribution in [1.29, 1.82) is 0 Å². The molecule has 4 aromatic rings. The van der Waals surface area contributed by atoms with Gasteiger partial charge in [-0.1, -0.05) is 121 Å². The van der Waals surface area contributed by atoms with Crippen molar-refractivity contribution < 1.29 is 65.9 Å². The lowest BCUT2D eigenvalue weighted by Crippen LogP contribution is -2.72. The second-order valence-electron chi connectivity index (χ2n) is 10.6. The molecule has 0 fully saturated rings. The molecule has 0 aliphatic rings. The standard InChI is InChI=1S/C33H21F15NP/c34-27(35,28(36,37)29(38,39)30(40,41)31(42,43)32(44,45)33(46,47)48)26(21-22-13-5-1-6-14-22)49-50(23-15-7-2-8-16-23,24-17-9-3-10-18-24)25-19-11-4-12-20-25/h1-21H/b26-21+. The van der Waals surface area contributed by atoms with Gasteiger partial charge in [0.15, 0.2) is 0 Å². The smallest absolute Gasteiger partial charge is 0.252 e. The molecule has 50 heavy (non-hydrogen) atoms. The zero-order valence-corrected chi connectivity index (χ0v) is 25.6. The maximum absolute atomic E-state index is 16.2. The van der Waals surface area contributed by atoms with Gasteiger partial charge in [-0.25, -0.2) is 0 Å². The summed E-state index contributed by atoms with van der Waals surface area (Å²) in [6.07, 6.45) is -7.64. The molecule has 0 N–H and O–H groups in total. The number of hydrogen-bond acceptors (Lipinski definition) is 1. The van der Waals surface area contributed by atoms with Crippen molar-refractivity contribution in [2.24, 2.45) is 4.74 Å². The van der Waals surface area contributed by atoms with Crippen LogP contribution in [-0.2, 0) is 0 Å². The van der Waals surface area contributed by atoms with E-state index in [9.17, 15) is 48.3 Å². The van der Waals surface area contributed by atoms with Crippen molar-refractivity contribution in [1.82, 2.24) is 0 Å². The summed E-state index contributed by atoms with van der Waals surface area (Å²) in [4.78, 5) is 0. The van der Waals surface area contributed by atoms with Gasteiger partial charge in [-0.15, -0.1) is 0 Å². The predicted octanol–water partition coefficient (Wildman–Crippen LogP) is 10.6. The van der Waals surface area contributed by atoms with E-state index in [0.717, 1.165) is 24.3 Å². The average Bonchev–Trinajstić information content (AvgIpc) is 3.07. The third-order valence-corrected chi connectivity index (χ3v) is 11.1. The van der Waals surface area contributed by atoms with Crippen molar-refractivity contribution in [2.45, 2.75) is 41.7 Å². The van der Waals surface area contributed by atoms with Gasteiger partial charge in [-0.05, 0) is 11.6 Å². The second-order valence-corrected chi connectivity index (χ2v) is 13.6. The van der Waals surface area contributed by atoms with Crippen LogP contribution >= 0.6 is 7.05 Å². The first-order valence-electron chi connectivity index (χ1n) is 13.9. The Balaban J connectivity index is 2.14. The number of allylic oxidation sites excluding steroid dienone is 1. The molecule has 4 rings (SSSR count). The topological polar surface area (TPSA) is 12.4 Å². The third-order valence-electron chi connectivity index (χ3n) is 7.40. The molecule has 0 saturated heterocycles. The number of alkyl halides is 15. The highest BCUT2D eigenvalue weighted by molar-refractivity contribution is 7.87. The van der Waals surface area contributed by atoms with Gasteiger partial charge in [0.1, 0.15) is 5.70 Å². The molecular formula is C33H21F15NP. The van der Waals surface area contributed by atoms with Gasteiger partial charge in [0.05, 0.1) is 7.05 Å². The van der Waals surface area contributed by atoms with E-state index in [1.807, 2.05) is 0 Å². The van der Waals surface area contributed by atoms with Crippen LogP contribution < -0.4 is 15.9 Å². The van der Waals surface area contributed by atoms with E-state index in [1.54, 1.807) is 0 Å². The molecule has 0 amide bonds. The molecule has 0 saturated carbocycles. The summed E-state index contributed by atoms with van der Waals surface area (Å²) in [5.41, 5.74) is -2.90. The minimum atomic E-state index is -8.44. The van der Waals surface area contributed by atoms with E-state index < -0.39 is 60.0 Å². The van der Waals surface area contributed by atoms with E-state index in [2.05, 4.69) is 4.74 Å². The fraction of sp³-hybridized carbons (Fsp3) is 0.212. The minimum absolute atomic E-state index is 0.00363. The van der Waals surface area contributed by atoms with Gasteiger partial charge in [0.2, 0.25) is 0 Å². The Labute approximate surface area is 274 Å². The lowest BCUT2D eigenvalue weighted by atomic mass is 9.90. The van der Waals surface area contributed by atoms with Gasteiger partial charge in [-0.3, -0.25) is 4.74 Å². The SMILES string of the molecule is FC(F)(F)C(F)(F)C(F)(F)C(F)(F)C(F)(F)C(F)(F)C(F)(F)/C(=C\c1ccccc1)N=P(c1ccccc1)(c1ccccc1)c1ccccc1. The quantitative estimate of drug-likeness (QED) is 0.107. The molecule has 0 aliphatic carbocycles. The Hall–Kier alpha value is -4.20. The van der Waals surface area contributed by atoms with Crippen LogP contribution in [0, 0.1) is 0 Å². The van der Waals surface area contributed by atoms with Crippen molar-refractivity contribution in [3.63, 3.8) is 0 Å². The van der Waals surface area contributed by atoms with Crippen molar-refractivity contribution in [2.75, 3.05) is 0 Å². The van der Waals surface area contributed by atoms with Gasteiger partial charge < -0.3 is 0 Å². The Bertz CT molecular complexity index is 1740. The van der Waals surface area contributed by atoms with Gasteiger partial charge in [0.25, 0.3) is 0 Å². The summed E-state index contributed by atoms with van der Waals surface area (Å²) in [6, 6.07) is 25.9. The molecule has 0 aliphatic heterocycles. The summed E-state index contributed by atoms with van der Waals surface area (Å²) < 4.78 is 219.